The monoisotopic (exact) mass is 394 g/mol. The predicted molar refractivity (Wildman–Crippen MR) is 111 cm³/mol. The molecule has 0 spiro atoms. The Kier molecular flexibility index (Phi) is 5.51. The normalized spacial score (nSPS) is 17.0. The van der Waals surface area contributed by atoms with Crippen molar-refractivity contribution in [3.63, 3.8) is 0 Å². The maximum absolute atomic E-state index is 12.6. The van der Waals surface area contributed by atoms with E-state index in [0.29, 0.717) is 25.4 Å². The first-order chi connectivity index (χ1) is 14.0. The summed E-state index contributed by atoms with van der Waals surface area (Å²) in [5, 5.41) is 3.99. The van der Waals surface area contributed by atoms with Crippen LogP contribution in [0.4, 0.5) is 0 Å². The van der Waals surface area contributed by atoms with E-state index in [1.165, 1.54) is 0 Å². The third kappa shape index (κ3) is 4.58. The van der Waals surface area contributed by atoms with Gasteiger partial charge in [0.15, 0.2) is 0 Å². The fourth-order valence-electron chi connectivity index (χ4n) is 3.52. The van der Waals surface area contributed by atoms with Crippen LogP contribution in [0.5, 0.6) is 11.5 Å². The van der Waals surface area contributed by atoms with Gasteiger partial charge < -0.3 is 25.5 Å². The molecule has 4 N–H and O–H groups in total. The number of hydrogen-bond acceptors (Lipinski definition) is 5. The number of fused-ring (bicyclic) bond motifs is 1. The molecule has 1 atom stereocenters. The zero-order chi connectivity index (χ0) is 20.3. The number of nitrogens with one attached hydrogen (secondary N) is 2. The van der Waals surface area contributed by atoms with Gasteiger partial charge in [-0.1, -0.05) is 12.1 Å². The Morgan fingerprint density at radius 2 is 2.03 bits per heavy atom. The summed E-state index contributed by atoms with van der Waals surface area (Å²) in [5.41, 5.74) is 7.12. The van der Waals surface area contributed by atoms with Crippen molar-refractivity contribution in [2.75, 3.05) is 13.2 Å². The number of carbonyl (C=O) groups excluding carboxylic acids is 1. The summed E-state index contributed by atoms with van der Waals surface area (Å²) in [6.45, 7) is 3.13. The quantitative estimate of drug-likeness (QED) is 0.597. The highest BCUT2D eigenvalue weighted by Gasteiger charge is 2.30. The molecule has 0 saturated carbocycles. The van der Waals surface area contributed by atoms with Gasteiger partial charge in [0.05, 0.1) is 10.9 Å². The van der Waals surface area contributed by atoms with Gasteiger partial charge in [-0.25, -0.2) is 4.98 Å². The standard InChI is InChI=1S/C22H26N4O3/c1-22(23,21(27)26-16-8-12-28-13-9-16)14-15-2-4-17(5-3-15)29-19-7-11-25-20-18(19)6-10-24-20/h2-7,10-11,16H,8-9,12-14,23H2,1H3,(H,24,25)(H,26,27). The first-order valence-corrected chi connectivity index (χ1v) is 9.88. The Morgan fingerprint density at radius 3 is 2.79 bits per heavy atom. The van der Waals surface area contributed by atoms with E-state index in [1.54, 1.807) is 13.1 Å². The molecule has 1 aromatic carbocycles. The Morgan fingerprint density at radius 1 is 1.28 bits per heavy atom. The number of ether oxygens (including phenoxy) is 2. The molecule has 1 aliphatic heterocycles. The molecule has 7 nitrogen and oxygen atoms in total. The maximum Gasteiger partial charge on any atom is 0.240 e. The number of aromatic nitrogens is 2. The largest absolute Gasteiger partial charge is 0.457 e. The predicted octanol–water partition coefficient (Wildman–Crippen LogP) is 2.91. The first-order valence-electron chi connectivity index (χ1n) is 9.88. The Balaban J connectivity index is 1.39. The highest BCUT2D eigenvalue weighted by Crippen LogP contribution is 2.28. The number of rotatable bonds is 6. The van der Waals surface area contributed by atoms with Crippen LogP contribution in [0.15, 0.2) is 48.8 Å². The van der Waals surface area contributed by atoms with Gasteiger partial charge in [0, 0.05) is 31.6 Å². The fraction of sp³-hybridized carbons (Fsp3) is 0.364. The number of nitrogens with two attached hydrogens (primary N) is 1. The Bertz CT molecular complexity index is 975. The van der Waals surface area contributed by atoms with E-state index in [1.807, 2.05) is 42.6 Å². The van der Waals surface area contributed by atoms with E-state index in [-0.39, 0.29) is 11.9 Å². The van der Waals surface area contributed by atoms with Crippen molar-refractivity contribution in [2.45, 2.75) is 37.8 Å². The summed E-state index contributed by atoms with van der Waals surface area (Å²) < 4.78 is 11.3. The van der Waals surface area contributed by atoms with E-state index >= 15 is 0 Å². The van der Waals surface area contributed by atoms with Crippen molar-refractivity contribution >= 4 is 16.9 Å². The number of benzene rings is 1. The molecule has 1 aliphatic rings. The number of carbonyl (C=O) groups is 1. The third-order valence-corrected chi connectivity index (χ3v) is 5.22. The molecule has 1 unspecified atom stereocenters. The van der Waals surface area contributed by atoms with Gasteiger partial charge >= 0.3 is 0 Å². The minimum Gasteiger partial charge on any atom is -0.457 e. The maximum atomic E-state index is 12.6. The van der Waals surface area contributed by atoms with Crippen LogP contribution < -0.4 is 15.8 Å². The van der Waals surface area contributed by atoms with Crippen molar-refractivity contribution in [3.8, 4) is 11.5 Å². The van der Waals surface area contributed by atoms with E-state index in [2.05, 4.69) is 15.3 Å². The third-order valence-electron chi connectivity index (χ3n) is 5.22. The zero-order valence-corrected chi connectivity index (χ0v) is 16.5. The Labute approximate surface area is 169 Å². The molecule has 152 valence electrons. The molecular formula is C22H26N4O3. The second-order valence-corrected chi connectivity index (χ2v) is 7.75. The summed E-state index contributed by atoms with van der Waals surface area (Å²) in [7, 11) is 0. The molecule has 3 heterocycles. The van der Waals surface area contributed by atoms with E-state index in [9.17, 15) is 4.79 Å². The van der Waals surface area contributed by atoms with E-state index in [0.717, 1.165) is 35.2 Å². The number of nitrogens with zero attached hydrogens (tertiary/aromatic N) is 1. The lowest BCUT2D eigenvalue weighted by atomic mass is 9.92. The summed E-state index contributed by atoms with van der Waals surface area (Å²) in [6.07, 6.45) is 5.65. The van der Waals surface area contributed by atoms with Gasteiger partial charge in [-0.2, -0.15) is 0 Å². The van der Waals surface area contributed by atoms with Crippen molar-refractivity contribution in [1.82, 2.24) is 15.3 Å². The van der Waals surface area contributed by atoms with Crippen LogP contribution in [0, 0.1) is 0 Å². The average molecular weight is 394 g/mol. The van der Waals surface area contributed by atoms with Crippen molar-refractivity contribution in [1.29, 1.82) is 0 Å². The summed E-state index contributed by atoms with van der Waals surface area (Å²) in [6, 6.07) is 11.6. The van der Waals surface area contributed by atoms with Crippen molar-refractivity contribution in [3.05, 3.63) is 54.4 Å². The molecule has 1 fully saturated rings. The van der Waals surface area contributed by atoms with E-state index in [4.69, 9.17) is 15.2 Å². The number of hydrogen-bond donors (Lipinski definition) is 3. The van der Waals surface area contributed by atoms with Gasteiger partial charge in [0.1, 0.15) is 17.1 Å². The lowest BCUT2D eigenvalue weighted by molar-refractivity contribution is -0.127. The van der Waals surface area contributed by atoms with Gasteiger partial charge in [-0.15, -0.1) is 0 Å². The second-order valence-electron chi connectivity index (χ2n) is 7.75. The van der Waals surface area contributed by atoms with E-state index < -0.39 is 5.54 Å². The van der Waals surface area contributed by atoms with Gasteiger partial charge in [-0.05, 0) is 56.0 Å². The van der Waals surface area contributed by atoms with Crippen molar-refractivity contribution in [2.24, 2.45) is 5.73 Å². The summed E-state index contributed by atoms with van der Waals surface area (Å²) in [5.74, 6) is 1.33. The van der Waals surface area contributed by atoms with Crippen LogP contribution >= 0.6 is 0 Å². The summed E-state index contributed by atoms with van der Waals surface area (Å²) >= 11 is 0. The van der Waals surface area contributed by atoms with Crippen molar-refractivity contribution < 1.29 is 14.3 Å². The summed E-state index contributed by atoms with van der Waals surface area (Å²) in [4.78, 5) is 20.0. The molecule has 7 heteroatoms. The van der Waals surface area contributed by atoms with Crippen LogP contribution in [0.1, 0.15) is 25.3 Å². The molecule has 1 saturated heterocycles. The molecule has 4 rings (SSSR count). The van der Waals surface area contributed by atoms with Crippen LogP contribution in [0.25, 0.3) is 11.0 Å². The number of amides is 1. The number of aromatic amines is 1. The lowest BCUT2D eigenvalue weighted by Crippen LogP contribution is -2.56. The average Bonchev–Trinajstić information content (AvgIpc) is 3.20. The minimum absolute atomic E-state index is 0.128. The van der Waals surface area contributed by atoms with Gasteiger partial charge in [0.25, 0.3) is 0 Å². The lowest BCUT2D eigenvalue weighted by Gasteiger charge is -2.29. The molecule has 1 amide bonds. The number of pyridine rings is 1. The topological polar surface area (TPSA) is 102 Å². The minimum atomic E-state index is -0.983. The van der Waals surface area contributed by atoms with Crippen LogP contribution in [0.2, 0.25) is 0 Å². The Hall–Kier alpha value is -2.90. The molecule has 0 bridgehead atoms. The van der Waals surface area contributed by atoms with Gasteiger partial charge in [0.2, 0.25) is 5.91 Å². The fourth-order valence-corrected chi connectivity index (χ4v) is 3.52. The molecule has 3 aromatic rings. The first kappa shape index (κ1) is 19.4. The van der Waals surface area contributed by atoms with Crippen LogP contribution in [0.3, 0.4) is 0 Å². The second kappa shape index (κ2) is 8.23. The van der Waals surface area contributed by atoms with Crippen LogP contribution in [-0.2, 0) is 16.0 Å². The number of H-pyrrole nitrogens is 1. The van der Waals surface area contributed by atoms with Gasteiger partial charge in [-0.3, -0.25) is 4.79 Å². The molecule has 2 aromatic heterocycles. The highest BCUT2D eigenvalue weighted by atomic mass is 16.5. The highest BCUT2D eigenvalue weighted by molar-refractivity contribution is 5.86. The zero-order valence-electron chi connectivity index (χ0n) is 16.5. The molecule has 29 heavy (non-hydrogen) atoms. The molecular weight excluding hydrogens is 368 g/mol. The molecule has 0 aliphatic carbocycles. The molecule has 0 radical (unpaired) electrons. The SMILES string of the molecule is CC(N)(Cc1ccc(Oc2ccnc3[nH]ccc23)cc1)C(=O)NC1CCOCC1. The smallest absolute Gasteiger partial charge is 0.240 e. The van der Waals surface area contributed by atoms with Crippen LogP contribution in [-0.4, -0.2) is 40.7 Å².